The number of carboxylic acids is 1. The molecule has 0 aromatic heterocycles. The Morgan fingerprint density at radius 1 is 1.14 bits per heavy atom. The average molecular weight is 325 g/mol. The van der Waals surface area contributed by atoms with E-state index in [1.807, 2.05) is 12.1 Å². The molecule has 0 fully saturated rings. The first-order chi connectivity index (χ1) is 10.0. The fraction of sp³-hybridized carbons (Fsp3) is 0.188. The minimum Gasteiger partial charge on any atom is -0.497 e. The Balaban J connectivity index is 2.33. The van der Waals surface area contributed by atoms with E-state index in [0.29, 0.717) is 22.0 Å². The number of benzene rings is 2. The highest BCUT2D eigenvalue weighted by molar-refractivity contribution is 6.36. The summed E-state index contributed by atoms with van der Waals surface area (Å²) in [6.07, 6.45) is 0.308. The molecule has 0 aliphatic carbocycles. The van der Waals surface area contributed by atoms with Crippen LogP contribution in [0.3, 0.4) is 0 Å². The molecule has 0 radical (unpaired) electrons. The summed E-state index contributed by atoms with van der Waals surface area (Å²) < 4.78 is 5.09. The van der Waals surface area contributed by atoms with Crippen molar-refractivity contribution in [2.24, 2.45) is 0 Å². The lowest BCUT2D eigenvalue weighted by atomic mass is 9.92. The summed E-state index contributed by atoms with van der Waals surface area (Å²) in [7, 11) is 1.58. The third-order valence-electron chi connectivity index (χ3n) is 3.25. The van der Waals surface area contributed by atoms with Crippen molar-refractivity contribution >= 4 is 29.2 Å². The van der Waals surface area contributed by atoms with Gasteiger partial charge >= 0.3 is 5.97 Å². The van der Waals surface area contributed by atoms with Crippen LogP contribution in [0.2, 0.25) is 10.0 Å². The number of carboxylic acid groups (broad SMARTS) is 1. The molecule has 5 heteroatoms. The highest BCUT2D eigenvalue weighted by atomic mass is 35.5. The van der Waals surface area contributed by atoms with Crippen LogP contribution in [0.25, 0.3) is 0 Å². The molecule has 0 amide bonds. The third kappa shape index (κ3) is 3.69. The molecule has 3 nitrogen and oxygen atoms in total. The molecule has 2 rings (SSSR count). The SMILES string of the molecule is COc1ccc(CC(C(=O)O)c2c(Cl)cccc2Cl)cc1. The standard InChI is InChI=1S/C16H14Cl2O3/c1-21-11-7-5-10(6-8-11)9-12(16(19)20)15-13(17)3-2-4-14(15)18/h2-8,12H,9H2,1H3,(H,19,20). The van der Waals surface area contributed by atoms with Crippen LogP contribution in [0.1, 0.15) is 17.0 Å². The molecule has 1 atom stereocenters. The van der Waals surface area contributed by atoms with Crippen LogP contribution >= 0.6 is 23.2 Å². The molecule has 21 heavy (non-hydrogen) atoms. The molecule has 2 aromatic carbocycles. The Hall–Kier alpha value is -1.71. The molecule has 0 saturated carbocycles. The Morgan fingerprint density at radius 3 is 2.19 bits per heavy atom. The molecule has 0 spiro atoms. The molecule has 0 aliphatic rings. The second-order valence-electron chi connectivity index (χ2n) is 4.58. The smallest absolute Gasteiger partial charge is 0.311 e. The van der Waals surface area contributed by atoms with Crippen molar-refractivity contribution in [1.29, 1.82) is 0 Å². The topological polar surface area (TPSA) is 46.5 Å². The van der Waals surface area contributed by atoms with Gasteiger partial charge in [-0.2, -0.15) is 0 Å². The van der Waals surface area contributed by atoms with Gasteiger partial charge in [0.2, 0.25) is 0 Å². The zero-order valence-electron chi connectivity index (χ0n) is 11.3. The molecule has 2 aromatic rings. The number of rotatable bonds is 5. The Morgan fingerprint density at radius 2 is 1.71 bits per heavy atom. The van der Waals surface area contributed by atoms with Gasteiger partial charge in [0.25, 0.3) is 0 Å². The lowest BCUT2D eigenvalue weighted by molar-refractivity contribution is -0.138. The second-order valence-corrected chi connectivity index (χ2v) is 5.39. The van der Waals surface area contributed by atoms with Crippen molar-refractivity contribution in [2.45, 2.75) is 12.3 Å². The number of ether oxygens (including phenoxy) is 1. The van der Waals surface area contributed by atoms with Gasteiger partial charge in [0.15, 0.2) is 0 Å². The molecule has 0 saturated heterocycles. The largest absolute Gasteiger partial charge is 0.497 e. The van der Waals surface area contributed by atoms with Crippen molar-refractivity contribution in [2.75, 3.05) is 7.11 Å². The van der Waals surface area contributed by atoms with E-state index in [1.54, 1.807) is 37.4 Å². The quantitative estimate of drug-likeness (QED) is 0.885. The number of methoxy groups -OCH3 is 1. The van der Waals surface area contributed by atoms with E-state index < -0.39 is 11.9 Å². The maximum Gasteiger partial charge on any atom is 0.311 e. The maximum absolute atomic E-state index is 11.6. The number of hydrogen-bond acceptors (Lipinski definition) is 2. The van der Waals surface area contributed by atoms with Gasteiger partial charge in [-0.05, 0) is 36.2 Å². The summed E-state index contributed by atoms with van der Waals surface area (Å²) in [4.78, 5) is 11.6. The van der Waals surface area contributed by atoms with Crippen LogP contribution in [-0.2, 0) is 11.2 Å². The van der Waals surface area contributed by atoms with E-state index in [9.17, 15) is 9.90 Å². The maximum atomic E-state index is 11.6. The zero-order chi connectivity index (χ0) is 15.4. The van der Waals surface area contributed by atoms with E-state index in [4.69, 9.17) is 27.9 Å². The molecular weight excluding hydrogens is 311 g/mol. The fourth-order valence-corrected chi connectivity index (χ4v) is 2.81. The summed E-state index contributed by atoms with van der Waals surface area (Å²) in [6.45, 7) is 0. The van der Waals surface area contributed by atoms with Crippen LogP contribution in [-0.4, -0.2) is 18.2 Å². The van der Waals surface area contributed by atoms with Crippen molar-refractivity contribution in [3.8, 4) is 5.75 Å². The predicted molar refractivity (Wildman–Crippen MR) is 83.5 cm³/mol. The van der Waals surface area contributed by atoms with E-state index in [2.05, 4.69) is 0 Å². The molecular formula is C16H14Cl2O3. The van der Waals surface area contributed by atoms with Gasteiger partial charge in [-0.1, -0.05) is 41.4 Å². The number of halogens is 2. The van der Waals surface area contributed by atoms with Crippen LogP contribution in [0.4, 0.5) is 0 Å². The first kappa shape index (κ1) is 15.7. The summed E-state index contributed by atoms with van der Waals surface area (Å²) >= 11 is 12.2. The van der Waals surface area contributed by atoms with Crippen molar-refractivity contribution < 1.29 is 14.6 Å². The molecule has 0 heterocycles. The monoisotopic (exact) mass is 324 g/mol. The van der Waals surface area contributed by atoms with E-state index in [-0.39, 0.29) is 0 Å². The summed E-state index contributed by atoms with van der Waals surface area (Å²) in [6, 6.07) is 12.2. The summed E-state index contributed by atoms with van der Waals surface area (Å²) in [5.74, 6) is -1.03. The Labute approximate surface area is 133 Å². The Bertz CT molecular complexity index is 618. The minimum atomic E-state index is -0.958. The lowest BCUT2D eigenvalue weighted by Gasteiger charge is -2.16. The molecule has 1 unspecified atom stereocenters. The zero-order valence-corrected chi connectivity index (χ0v) is 12.9. The van der Waals surface area contributed by atoms with E-state index >= 15 is 0 Å². The van der Waals surface area contributed by atoms with Crippen LogP contribution in [0.15, 0.2) is 42.5 Å². The van der Waals surface area contributed by atoms with E-state index in [1.165, 1.54) is 0 Å². The van der Waals surface area contributed by atoms with Gasteiger partial charge in [0.1, 0.15) is 5.75 Å². The molecule has 1 N–H and O–H groups in total. The van der Waals surface area contributed by atoms with Crippen LogP contribution in [0, 0.1) is 0 Å². The van der Waals surface area contributed by atoms with Gasteiger partial charge in [-0.15, -0.1) is 0 Å². The van der Waals surface area contributed by atoms with Crippen molar-refractivity contribution in [3.63, 3.8) is 0 Å². The molecule has 110 valence electrons. The summed E-state index contributed by atoms with van der Waals surface area (Å²) in [5.41, 5.74) is 1.32. The third-order valence-corrected chi connectivity index (χ3v) is 3.90. The highest BCUT2D eigenvalue weighted by Crippen LogP contribution is 2.34. The summed E-state index contributed by atoms with van der Waals surface area (Å²) in [5, 5.41) is 10.2. The van der Waals surface area contributed by atoms with Crippen LogP contribution in [0.5, 0.6) is 5.75 Å². The lowest BCUT2D eigenvalue weighted by Crippen LogP contribution is -2.15. The first-order valence-electron chi connectivity index (χ1n) is 6.32. The Kier molecular flexibility index (Phi) is 5.10. The normalized spacial score (nSPS) is 12.0. The highest BCUT2D eigenvalue weighted by Gasteiger charge is 2.25. The second kappa shape index (κ2) is 6.83. The first-order valence-corrected chi connectivity index (χ1v) is 7.08. The van der Waals surface area contributed by atoms with Crippen LogP contribution < -0.4 is 4.74 Å². The van der Waals surface area contributed by atoms with Gasteiger partial charge < -0.3 is 9.84 Å². The van der Waals surface area contributed by atoms with Crippen molar-refractivity contribution in [3.05, 3.63) is 63.6 Å². The predicted octanol–water partition coefficient (Wildman–Crippen LogP) is 4.41. The number of hydrogen-bond donors (Lipinski definition) is 1. The van der Waals surface area contributed by atoms with Gasteiger partial charge in [-0.25, -0.2) is 0 Å². The molecule has 0 aliphatic heterocycles. The number of aliphatic carboxylic acids is 1. The van der Waals surface area contributed by atoms with Gasteiger partial charge in [0, 0.05) is 15.6 Å². The minimum absolute atomic E-state index is 0.308. The average Bonchev–Trinajstić information content (AvgIpc) is 2.46. The van der Waals surface area contributed by atoms with Gasteiger partial charge in [0.05, 0.1) is 13.0 Å². The van der Waals surface area contributed by atoms with Crippen molar-refractivity contribution in [1.82, 2.24) is 0 Å². The molecule has 0 bridgehead atoms. The number of carbonyl (C=O) groups is 1. The fourth-order valence-electron chi connectivity index (χ4n) is 2.15. The van der Waals surface area contributed by atoms with E-state index in [0.717, 1.165) is 11.3 Å². The van der Waals surface area contributed by atoms with Gasteiger partial charge in [-0.3, -0.25) is 4.79 Å².